The molecule has 0 aliphatic carbocycles. The van der Waals surface area contributed by atoms with E-state index >= 15 is 0 Å². The Balaban J connectivity index is 1.55. The van der Waals surface area contributed by atoms with Crippen LogP contribution in [0.15, 0.2) is 72.8 Å². The van der Waals surface area contributed by atoms with Gasteiger partial charge in [0.1, 0.15) is 11.6 Å². The lowest BCUT2D eigenvalue weighted by molar-refractivity contribution is 0.102. The quantitative estimate of drug-likeness (QED) is 0.418. The van der Waals surface area contributed by atoms with Crippen LogP contribution in [0.5, 0.6) is 5.75 Å². The molecular formula is C27H25FN2O3. The van der Waals surface area contributed by atoms with E-state index in [-0.39, 0.29) is 16.9 Å². The maximum absolute atomic E-state index is 13.8. The first-order chi connectivity index (χ1) is 15.8. The van der Waals surface area contributed by atoms with Crippen LogP contribution in [-0.4, -0.2) is 24.3 Å². The van der Waals surface area contributed by atoms with Crippen molar-refractivity contribution in [3.05, 3.63) is 101 Å². The van der Waals surface area contributed by atoms with E-state index in [9.17, 15) is 14.0 Å². The van der Waals surface area contributed by atoms with Gasteiger partial charge in [-0.25, -0.2) is 4.39 Å². The normalized spacial score (nSPS) is 15.3. The zero-order valence-electron chi connectivity index (χ0n) is 18.7. The number of ether oxygens (including phenoxy) is 1. The third kappa shape index (κ3) is 4.95. The fourth-order valence-corrected chi connectivity index (χ4v) is 3.93. The number of anilines is 1. The molecule has 0 unspecified atom stereocenters. The van der Waals surface area contributed by atoms with Crippen molar-refractivity contribution in [1.29, 1.82) is 0 Å². The Hall–Kier alpha value is -3.93. The molecule has 1 heterocycles. The predicted octanol–water partition coefficient (Wildman–Crippen LogP) is 5.23. The summed E-state index contributed by atoms with van der Waals surface area (Å²) in [7, 11) is 1.61. The van der Waals surface area contributed by atoms with Crippen LogP contribution in [0.2, 0.25) is 0 Å². The highest BCUT2D eigenvalue weighted by molar-refractivity contribution is 6.09. The highest BCUT2D eigenvalue weighted by Crippen LogP contribution is 2.32. The van der Waals surface area contributed by atoms with Crippen LogP contribution in [-0.2, 0) is 6.42 Å². The van der Waals surface area contributed by atoms with Crippen LogP contribution in [0.4, 0.5) is 10.1 Å². The van der Waals surface area contributed by atoms with Gasteiger partial charge in [0.15, 0.2) is 5.78 Å². The van der Waals surface area contributed by atoms with E-state index in [0.717, 1.165) is 29.0 Å². The number of allylic oxidation sites excluding steroid dienone is 1. The number of hydrogen-bond acceptors (Lipinski definition) is 4. The lowest BCUT2D eigenvalue weighted by Gasteiger charge is -2.35. The molecule has 0 fully saturated rings. The number of amides is 1. The molecule has 4 rings (SSSR count). The number of hydrogen-bond donors (Lipinski definition) is 2. The molecule has 6 heteroatoms. The first kappa shape index (κ1) is 22.3. The van der Waals surface area contributed by atoms with Crippen molar-refractivity contribution < 1.29 is 18.7 Å². The predicted molar refractivity (Wildman–Crippen MR) is 127 cm³/mol. The molecule has 33 heavy (non-hydrogen) atoms. The van der Waals surface area contributed by atoms with Crippen molar-refractivity contribution in [2.45, 2.75) is 25.8 Å². The summed E-state index contributed by atoms with van der Waals surface area (Å²) in [6.45, 7) is 4.18. The van der Waals surface area contributed by atoms with Gasteiger partial charge in [0.05, 0.1) is 12.7 Å². The highest BCUT2D eigenvalue weighted by Gasteiger charge is 2.28. The number of ketones is 1. The molecule has 168 valence electrons. The van der Waals surface area contributed by atoms with E-state index in [1.807, 2.05) is 18.2 Å². The Morgan fingerprint density at radius 2 is 1.79 bits per heavy atom. The van der Waals surface area contributed by atoms with Crippen molar-refractivity contribution in [2.75, 3.05) is 12.4 Å². The number of halogens is 1. The molecular weight excluding hydrogens is 419 g/mol. The Morgan fingerprint density at radius 1 is 1.06 bits per heavy atom. The third-order valence-corrected chi connectivity index (χ3v) is 5.53. The molecule has 0 spiro atoms. The van der Waals surface area contributed by atoms with Crippen LogP contribution < -0.4 is 15.4 Å². The first-order valence-electron chi connectivity index (χ1n) is 10.6. The fraction of sp³-hybridized carbons (Fsp3) is 0.185. The van der Waals surface area contributed by atoms with E-state index < -0.39 is 11.7 Å². The van der Waals surface area contributed by atoms with Crippen LogP contribution in [0.25, 0.3) is 5.70 Å². The lowest BCUT2D eigenvalue weighted by Crippen LogP contribution is -2.43. The Bertz CT molecular complexity index is 1250. The van der Waals surface area contributed by atoms with Gasteiger partial charge in [-0.3, -0.25) is 9.59 Å². The second-order valence-electron chi connectivity index (χ2n) is 8.64. The number of carbonyl (C=O) groups is 2. The number of methoxy groups -OCH3 is 1. The average molecular weight is 445 g/mol. The Morgan fingerprint density at radius 3 is 2.48 bits per heavy atom. The number of benzene rings is 3. The van der Waals surface area contributed by atoms with Gasteiger partial charge in [0.25, 0.3) is 5.91 Å². The van der Waals surface area contributed by atoms with Crippen LogP contribution in [0.3, 0.4) is 0 Å². The molecule has 0 atom stereocenters. The van der Waals surface area contributed by atoms with E-state index in [1.54, 1.807) is 43.5 Å². The lowest BCUT2D eigenvalue weighted by atomic mass is 9.85. The maximum atomic E-state index is 13.8. The largest absolute Gasteiger partial charge is 0.497 e. The second-order valence-corrected chi connectivity index (χ2v) is 8.64. The second kappa shape index (κ2) is 8.90. The minimum Gasteiger partial charge on any atom is -0.497 e. The third-order valence-electron chi connectivity index (χ3n) is 5.53. The summed E-state index contributed by atoms with van der Waals surface area (Å²) in [5, 5.41) is 6.11. The molecule has 1 amide bonds. The van der Waals surface area contributed by atoms with Gasteiger partial charge in [-0.1, -0.05) is 18.2 Å². The SMILES string of the molecule is COc1ccc2c(c1)/C(=C/C(=O)c1ccc(NC(=O)c3ccccc3F)cc1)NC(C)(C)C2. The summed E-state index contributed by atoms with van der Waals surface area (Å²) in [4.78, 5) is 25.3. The summed E-state index contributed by atoms with van der Waals surface area (Å²) in [6, 6.07) is 18.2. The topological polar surface area (TPSA) is 67.4 Å². The first-order valence-corrected chi connectivity index (χ1v) is 10.6. The molecule has 3 aromatic rings. The fourth-order valence-electron chi connectivity index (χ4n) is 3.93. The molecule has 2 N–H and O–H groups in total. The summed E-state index contributed by atoms with van der Waals surface area (Å²) in [5.41, 5.74) is 3.53. The summed E-state index contributed by atoms with van der Waals surface area (Å²) < 4.78 is 19.2. The van der Waals surface area contributed by atoms with Gasteiger partial charge in [-0.2, -0.15) is 0 Å². The van der Waals surface area contributed by atoms with Crippen molar-refractivity contribution in [2.24, 2.45) is 0 Å². The van der Waals surface area contributed by atoms with Crippen molar-refractivity contribution in [3.63, 3.8) is 0 Å². The van der Waals surface area contributed by atoms with E-state index in [0.29, 0.717) is 11.3 Å². The summed E-state index contributed by atoms with van der Waals surface area (Å²) in [6.07, 6.45) is 2.42. The number of fused-ring (bicyclic) bond motifs is 1. The van der Waals surface area contributed by atoms with E-state index in [1.165, 1.54) is 18.2 Å². The molecule has 0 bridgehead atoms. The standard InChI is InChI=1S/C27H25FN2O3/c1-27(2)16-18-10-13-20(33-3)14-22(18)24(30-27)15-25(31)17-8-11-19(12-9-17)29-26(32)21-6-4-5-7-23(21)28/h4-15,30H,16H2,1-3H3,(H,29,32)/b24-15-. The van der Waals surface area contributed by atoms with Crippen molar-refractivity contribution in [1.82, 2.24) is 5.32 Å². The molecule has 1 aliphatic rings. The van der Waals surface area contributed by atoms with E-state index in [4.69, 9.17) is 4.74 Å². The van der Waals surface area contributed by atoms with Gasteiger partial charge in [0, 0.05) is 34.1 Å². The van der Waals surface area contributed by atoms with E-state index in [2.05, 4.69) is 24.5 Å². The molecule has 5 nitrogen and oxygen atoms in total. The van der Waals surface area contributed by atoms with Crippen LogP contribution >= 0.6 is 0 Å². The smallest absolute Gasteiger partial charge is 0.258 e. The molecule has 0 aromatic heterocycles. The van der Waals surface area contributed by atoms with Gasteiger partial charge in [-0.05, 0) is 74.4 Å². The van der Waals surface area contributed by atoms with Gasteiger partial charge in [0.2, 0.25) is 0 Å². The monoisotopic (exact) mass is 444 g/mol. The van der Waals surface area contributed by atoms with Gasteiger partial charge < -0.3 is 15.4 Å². The van der Waals surface area contributed by atoms with Crippen molar-refractivity contribution >= 4 is 23.1 Å². The van der Waals surface area contributed by atoms with Crippen molar-refractivity contribution in [3.8, 4) is 5.75 Å². The highest BCUT2D eigenvalue weighted by atomic mass is 19.1. The van der Waals surface area contributed by atoms with Gasteiger partial charge in [-0.15, -0.1) is 0 Å². The molecule has 3 aromatic carbocycles. The Kier molecular flexibility index (Phi) is 6.01. The number of carbonyl (C=O) groups excluding carboxylic acids is 2. The average Bonchev–Trinajstić information content (AvgIpc) is 2.79. The molecule has 0 saturated carbocycles. The van der Waals surface area contributed by atoms with Crippen LogP contribution in [0.1, 0.15) is 45.7 Å². The number of nitrogens with one attached hydrogen (secondary N) is 2. The molecule has 0 radical (unpaired) electrons. The number of rotatable bonds is 5. The van der Waals surface area contributed by atoms with Gasteiger partial charge >= 0.3 is 0 Å². The summed E-state index contributed by atoms with van der Waals surface area (Å²) >= 11 is 0. The Labute approximate surface area is 192 Å². The zero-order chi connectivity index (χ0) is 23.6. The summed E-state index contributed by atoms with van der Waals surface area (Å²) in [5.74, 6) is -0.582. The minimum atomic E-state index is -0.590. The van der Waals surface area contributed by atoms with Crippen LogP contribution in [0, 0.1) is 5.82 Å². The molecule has 0 saturated heterocycles. The zero-order valence-corrected chi connectivity index (χ0v) is 18.7. The molecule has 1 aliphatic heterocycles. The minimum absolute atomic E-state index is 0.0394. The maximum Gasteiger partial charge on any atom is 0.258 e.